The molecule has 5 heteroatoms. The van der Waals surface area contributed by atoms with E-state index in [4.69, 9.17) is 0 Å². The van der Waals surface area contributed by atoms with E-state index in [-0.39, 0.29) is 18.0 Å². The van der Waals surface area contributed by atoms with Gasteiger partial charge in [-0.2, -0.15) is 0 Å². The van der Waals surface area contributed by atoms with Gasteiger partial charge in [0, 0.05) is 38.3 Å². The Hall–Kier alpha value is -1.59. The van der Waals surface area contributed by atoms with E-state index in [1.54, 1.807) is 4.90 Å². The molecule has 4 atom stereocenters. The maximum absolute atomic E-state index is 12.5. The van der Waals surface area contributed by atoms with Crippen LogP contribution in [0.2, 0.25) is 0 Å². The zero-order valence-corrected chi connectivity index (χ0v) is 14.7. The van der Waals surface area contributed by atoms with E-state index in [2.05, 4.69) is 41.4 Å². The third kappa shape index (κ3) is 4.08. The van der Waals surface area contributed by atoms with Crippen LogP contribution in [0.5, 0.6) is 0 Å². The van der Waals surface area contributed by atoms with Crippen molar-refractivity contribution in [3.8, 4) is 0 Å². The van der Waals surface area contributed by atoms with Gasteiger partial charge in [0.25, 0.3) is 0 Å². The van der Waals surface area contributed by atoms with Gasteiger partial charge in [-0.15, -0.1) is 0 Å². The predicted octanol–water partition coefficient (Wildman–Crippen LogP) is 2.06. The highest BCUT2D eigenvalue weighted by atomic mass is 16.3. The average molecular weight is 331 g/mol. The first-order chi connectivity index (χ1) is 11.5. The highest BCUT2D eigenvalue weighted by Crippen LogP contribution is 2.21. The van der Waals surface area contributed by atoms with E-state index in [1.165, 1.54) is 5.56 Å². The minimum atomic E-state index is -0.401. The first-order valence-electron chi connectivity index (χ1n) is 9.04. The fourth-order valence-corrected chi connectivity index (χ4v) is 3.74. The number of amides is 2. The average Bonchev–Trinajstić information content (AvgIpc) is 2.90. The summed E-state index contributed by atoms with van der Waals surface area (Å²) >= 11 is 0. The number of hydrogen-bond acceptors (Lipinski definition) is 3. The molecule has 0 aliphatic carbocycles. The maximum atomic E-state index is 12.5. The zero-order valence-electron chi connectivity index (χ0n) is 14.7. The van der Waals surface area contributed by atoms with Crippen molar-refractivity contribution in [2.75, 3.05) is 19.6 Å². The number of urea groups is 1. The normalized spacial score (nSPS) is 31.2. The van der Waals surface area contributed by atoms with Gasteiger partial charge in [0.1, 0.15) is 0 Å². The van der Waals surface area contributed by atoms with Crippen molar-refractivity contribution >= 4 is 6.03 Å². The number of rotatable bonds is 3. The lowest BCUT2D eigenvalue weighted by Gasteiger charge is -2.34. The lowest BCUT2D eigenvalue weighted by atomic mass is 9.96. The number of piperidine rings is 1. The van der Waals surface area contributed by atoms with Crippen molar-refractivity contribution in [2.45, 2.75) is 51.4 Å². The molecular formula is C19H29N3O2. The van der Waals surface area contributed by atoms with Crippen LogP contribution in [0.4, 0.5) is 4.79 Å². The molecule has 4 unspecified atom stereocenters. The molecule has 3 rings (SSSR count). The van der Waals surface area contributed by atoms with Crippen LogP contribution in [0, 0.1) is 5.92 Å². The molecule has 1 aromatic rings. The molecule has 0 aromatic heterocycles. The Morgan fingerprint density at radius 3 is 2.71 bits per heavy atom. The monoisotopic (exact) mass is 331 g/mol. The smallest absolute Gasteiger partial charge is 0.317 e. The summed E-state index contributed by atoms with van der Waals surface area (Å²) in [6.45, 7) is 7.26. The number of carbonyl (C=O) groups excluding carboxylic acids is 1. The van der Waals surface area contributed by atoms with E-state index >= 15 is 0 Å². The van der Waals surface area contributed by atoms with Crippen molar-refractivity contribution in [3.63, 3.8) is 0 Å². The summed E-state index contributed by atoms with van der Waals surface area (Å²) in [4.78, 5) is 16.6. The summed E-state index contributed by atoms with van der Waals surface area (Å²) in [5.41, 5.74) is 1.31. The van der Waals surface area contributed by atoms with Gasteiger partial charge >= 0.3 is 6.03 Å². The summed E-state index contributed by atoms with van der Waals surface area (Å²) in [6.07, 6.45) is 1.45. The predicted molar refractivity (Wildman–Crippen MR) is 94.6 cm³/mol. The van der Waals surface area contributed by atoms with Crippen LogP contribution in [-0.2, 0) is 6.54 Å². The Labute approximate surface area is 144 Å². The van der Waals surface area contributed by atoms with E-state index in [0.29, 0.717) is 12.6 Å². The third-order valence-electron chi connectivity index (χ3n) is 5.47. The lowest BCUT2D eigenvalue weighted by Crippen LogP contribution is -2.52. The molecule has 0 radical (unpaired) electrons. The van der Waals surface area contributed by atoms with Crippen molar-refractivity contribution in [1.29, 1.82) is 0 Å². The third-order valence-corrected chi connectivity index (χ3v) is 5.47. The highest BCUT2D eigenvalue weighted by molar-refractivity contribution is 5.74. The standard InChI is InChI=1S/C19H29N3O2/c1-14-8-9-21(13-18(14)23)19(24)20-17-10-15(2)22(12-17)11-16-6-4-3-5-7-16/h3-7,14-15,17-18,23H,8-13H2,1-2H3,(H,20,24). The van der Waals surface area contributed by atoms with Crippen molar-refractivity contribution in [3.05, 3.63) is 35.9 Å². The molecule has 2 N–H and O–H groups in total. The highest BCUT2D eigenvalue weighted by Gasteiger charge is 2.32. The molecule has 2 aliphatic rings. The van der Waals surface area contributed by atoms with Crippen LogP contribution < -0.4 is 5.32 Å². The lowest BCUT2D eigenvalue weighted by molar-refractivity contribution is 0.0430. The second-order valence-electron chi connectivity index (χ2n) is 7.43. The van der Waals surface area contributed by atoms with Crippen molar-refractivity contribution < 1.29 is 9.90 Å². The molecule has 2 fully saturated rings. The van der Waals surface area contributed by atoms with Crippen LogP contribution >= 0.6 is 0 Å². The first kappa shape index (κ1) is 17.2. The van der Waals surface area contributed by atoms with E-state index in [1.807, 2.05) is 13.0 Å². The van der Waals surface area contributed by atoms with Gasteiger partial charge in [0.2, 0.25) is 0 Å². The number of β-amino-alcohol motifs (C(OH)–C–C–N with tert-alkyl or cyclic N) is 1. The number of benzene rings is 1. The second-order valence-corrected chi connectivity index (χ2v) is 7.43. The molecule has 5 nitrogen and oxygen atoms in total. The second kappa shape index (κ2) is 7.53. The van der Waals surface area contributed by atoms with Crippen LogP contribution in [0.25, 0.3) is 0 Å². The Morgan fingerprint density at radius 1 is 1.25 bits per heavy atom. The van der Waals surface area contributed by atoms with Gasteiger partial charge in [0.15, 0.2) is 0 Å². The van der Waals surface area contributed by atoms with E-state index < -0.39 is 6.10 Å². The number of nitrogens with one attached hydrogen (secondary N) is 1. The molecule has 0 saturated carbocycles. The number of aliphatic hydroxyl groups is 1. The van der Waals surface area contributed by atoms with Crippen molar-refractivity contribution in [2.24, 2.45) is 5.92 Å². The van der Waals surface area contributed by atoms with Gasteiger partial charge in [-0.3, -0.25) is 4.90 Å². The Balaban J connectivity index is 1.50. The van der Waals surface area contributed by atoms with Crippen molar-refractivity contribution in [1.82, 2.24) is 15.1 Å². The first-order valence-corrected chi connectivity index (χ1v) is 9.04. The molecule has 1 aromatic carbocycles. The zero-order chi connectivity index (χ0) is 17.1. The van der Waals surface area contributed by atoms with Crippen LogP contribution in [0.1, 0.15) is 32.3 Å². The number of carbonyl (C=O) groups is 1. The van der Waals surface area contributed by atoms with E-state index in [0.717, 1.165) is 32.5 Å². The van der Waals surface area contributed by atoms with Crippen LogP contribution in [-0.4, -0.2) is 58.8 Å². The molecule has 0 spiro atoms. The fraction of sp³-hybridized carbons (Fsp3) is 0.632. The summed E-state index contributed by atoms with van der Waals surface area (Å²) < 4.78 is 0. The van der Waals surface area contributed by atoms with Gasteiger partial charge in [-0.25, -0.2) is 4.79 Å². The Morgan fingerprint density at radius 2 is 2.00 bits per heavy atom. The minimum absolute atomic E-state index is 0.0280. The largest absolute Gasteiger partial charge is 0.391 e. The number of hydrogen-bond donors (Lipinski definition) is 2. The molecule has 0 bridgehead atoms. The molecule has 2 saturated heterocycles. The molecule has 2 aliphatic heterocycles. The Bertz CT molecular complexity index is 551. The summed E-state index contributed by atoms with van der Waals surface area (Å²) in [7, 11) is 0. The van der Waals surface area contributed by atoms with Crippen LogP contribution in [0.15, 0.2) is 30.3 Å². The minimum Gasteiger partial charge on any atom is -0.391 e. The van der Waals surface area contributed by atoms with Gasteiger partial charge < -0.3 is 15.3 Å². The van der Waals surface area contributed by atoms with E-state index in [9.17, 15) is 9.90 Å². The number of aliphatic hydroxyl groups excluding tert-OH is 1. The Kier molecular flexibility index (Phi) is 5.41. The van der Waals surface area contributed by atoms with Gasteiger partial charge in [0.05, 0.1) is 6.10 Å². The van der Waals surface area contributed by atoms with Crippen LogP contribution in [0.3, 0.4) is 0 Å². The maximum Gasteiger partial charge on any atom is 0.317 e. The summed E-state index contributed by atoms with van der Waals surface area (Å²) in [5.74, 6) is 0.280. The molecule has 24 heavy (non-hydrogen) atoms. The van der Waals surface area contributed by atoms with Gasteiger partial charge in [-0.1, -0.05) is 37.3 Å². The molecular weight excluding hydrogens is 302 g/mol. The summed E-state index contributed by atoms with van der Waals surface area (Å²) in [5, 5.41) is 13.1. The number of nitrogens with zero attached hydrogens (tertiary/aromatic N) is 2. The quantitative estimate of drug-likeness (QED) is 0.891. The number of likely N-dealkylation sites (tertiary alicyclic amines) is 2. The fourth-order valence-electron chi connectivity index (χ4n) is 3.74. The van der Waals surface area contributed by atoms with Gasteiger partial charge in [-0.05, 0) is 31.2 Å². The topological polar surface area (TPSA) is 55.8 Å². The molecule has 2 heterocycles. The molecule has 2 amide bonds. The molecule has 132 valence electrons. The SMILES string of the molecule is CC1CCN(C(=O)NC2CC(C)N(Cc3ccccc3)C2)CC1O. The summed E-state index contributed by atoms with van der Waals surface area (Å²) in [6, 6.07) is 11.1.